The second-order valence-electron chi connectivity index (χ2n) is 2.34. The number of hydrogen-bond donors (Lipinski definition) is 0. The van der Waals surface area contributed by atoms with Crippen molar-refractivity contribution in [2.24, 2.45) is 0 Å². The zero-order valence-electron chi connectivity index (χ0n) is 6.50. The molecule has 1 aliphatic heterocycles. The molecule has 2 atom stereocenters. The summed E-state index contributed by atoms with van der Waals surface area (Å²) in [6.07, 6.45) is 2.47. The molecule has 2 nitrogen and oxygen atoms in total. The highest BCUT2D eigenvalue weighted by Crippen LogP contribution is 2.15. The van der Waals surface area contributed by atoms with Gasteiger partial charge in [-0.2, -0.15) is 0 Å². The largest absolute Gasteiger partial charge is 0.350 e. The van der Waals surface area contributed by atoms with E-state index >= 15 is 0 Å². The molecule has 0 saturated carbocycles. The molecule has 1 heterocycles. The van der Waals surface area contributed by atoms with Crippen LogP contribution in [-0.2, 0) is 9.47 Å². The van der Waals surface area contributed by atoms with Crippen molar-refractivity contribution >= 4 is 12.4 Å². The zero-order chi connectivity index (χ0) is 6.69. The molecule has 0 bridgehead atoms. The molecule has 3 heteroatoms. The topological polar surface area (TPSA) is 18.5 Å². The highest BCUT2D eigenvalue weighted by atomic mass is 35.5. The standard InChI is InChI=1S/C7H14O2.ClH/c1-3-6-5-8-7(4-2)9-6;/h6-7H,3-5H2,1-2H3;1H. The van der Waals surface area contributed by atoms with Gasteiger partial charge in [-0.25, -0.2) is 0 Å². The van der Waals surface area contributed by atoms with Gasteiger partial charge in [-0.3, -0.25) is 0 Å². The third-order valence-corrected chi connectivity index (χ3v) is 1.60. The molecule has 0 N–H and O–H groups in total. The van der Waals surface area contributed by atoms with Gasteiger partial charge >= 0.3 is 0 Å². The zero-order valence-corrected chi connectivity index (χ0v) is 7.32. The van der Waals surface area contributed by atoms with Crippen molar-refractivity contribution < 1.29 is 9.47 Å². The van der Waals surface area contributed by atoms with Crippen molar-refractivity contribution in [3.8, 4) is 0 Å². The molecular formula is C7H15ClO2. The van der Waals surface area contributed by atoms with Crippen LogP contribution < -0.4 is 0 Å². The molecule has 10 heavy (non-hydrogen) atoms. The third kappa shape index (κ3) is 2.45. The predicted molar refractivity (Wildman–Crippen MR) is 42.4 cm³/mol. The molecular weight excluding hydrogens is 152 g/mol. The maximum Gasteiger partial charge on any atom is 0.157 e. The maximum absolute atomic E-state index is 5.44. The number of ether oxygens (including phenoxy) is 2. The SMILES string of the molecule is CCC1COC(CC)O1.Cl. The number of rotatable bonds is 2. The van der Waals surface area contributed by atoms with Crippen molar-refractivity contribution in [3.63, 3.8) is 0 Å². The number of halogens is 1. The minimum absolute atomic E-state index is 0. The van der Waals surface area contributed by atoms with Gasteiger partial charge in [-0.1, -0.05) is 13.8 Å². The fraction of sp³-hybridized carbons (Fsp3) is 1.00. The van der Waals surface area contributed by atoms with Crippen LogP contribution in [0, 0.1) is 0 Å². The van der Waals surface area contributed by atoms with Crippen LogP contribution in [0.15, 0.2) is 0 Å². The molecule has 0 radical (unpaired) electrons. The smallest absolute Gasteiger partial charge is 0.157 e. The van der Waals surface area contributed by atoms with Gasteiger partial charge < -0.3 is 9.47 Å². The summed E-state index contributed by atoms with van der Waals surface area (Å²) < 4.78 is 10.7. The Balaban J connectivity index is 0.000000810. The summed E-state index contributed by atoms with van der Waals surface area (Å²) in [7, 11) is 0. The van der Waals surface area contributed by atoms with E-state index in [1.807, 2.05) is 0 Å². The molecule has 1 rings (SSSR count). The Morgan fingerprint density at radius 2 is 2.00 bits per heavy atom. The van der Waals surface area contributed by atoms with Gasteiger partial charge in [0, 0.05) is 0 Å². The van der Waals surface area contributed by atoms with Gasteiger partial charge in [0.25, 0.3) is 0 Å². The minimum atomic E-state index is 0. The van der Waals surface area contributed by atoms with Crippen LogP contribution in [-0.4, -0.2) is 19.0 Å². The molecule has 1 aliphatic rings. The van der Waals surface area contributed by atoms with Gasteiger partial charge in [0.15, 0.2) is 6.29 Å². The molecule has 0 aromatic rings. The van der Waals surface area contributed by atoms with E-state index in [2.05, 4.69) is 13.8 Å². The van der Waals surface area contributed by atoms with Gasteiger partial charge in [0.05, 0.1) is 12.7 Å². The first kappa shape index (κ1) is 10.2. The summed E-state index contributed by atoms with van der Waals surface area (Å²) in [5.41, 5.74) is 0. The Kier molecular flexibility index (Phi) is 5.04. The van der Waals surface area contributed by atoms with E-state index in [0.717, 1.165) is 19.4 Å². The number of hydrogen-bond acceptors (Lipinski definition) is 2. The second-order valence-corrected chi connectivity index (χ2v) is 2.34. The van der Waals surface area contributed by atoms with E-state index in [1.54, 1.807) is 0 Å². The Morgan fingerprint density at radius 3 is 2.30 bits per heavy atom. The second kappa shape index (κ2) is 4.94. The van der Waals surface area contributed by atoms with Crippen molar-refractivity contribution in [2.75, 3.05) is 6.61 Å². The van der Waals surface area contributed by atoms with E-state index in [1.165, 1.54) is 0 Å². The summed E-state index contributed by atoms with van der Waals surface area (Å²) in [5.74, 6) is 0. The average Bonchev–Trinajstić information content (AvgIpc) is 2.34. The van der Waals surface area contributed by atoms with Crippen LogP contribution in [0.1, 0.15) is 26.7 Å². The minimum Gasteiger partial charge on any atom is -0.350 e. The van der Waals surface area contributed by atoms with Gasteiger partial charge in [0.1, 0.15) is 0 Å². The molecule has 0 amide bonds. The maximum atomic E-state index is 5.44. The van der Waals surface area contributed by atoms with Crippen molar-refractivity contribution in [1.82, 2.24) is 0 Å². The summed E-state index contributed by atoms with van der Waals surface area (Å²) in [5, 5.41) is 0. The summed E-state index contributed by atoms with van der Waals surface area (Å²) >= 11 is 0. The first-order valence-corrected chi connectivity index (χ1v) is 3.63. The highest BCUT2D eigenvalue weighted by Gasteiger charge is 2.22. The van der Waals surface area contributed by atoms with E-state index in [9.17, 15) is 0 Å². The lowest BCUT2D eigenvalue weighted by atomic mass is 10.3. The summed E-state index contributed by atoms with van der Waals surface area (Å²) in [4.78, 5) is 0. The van der Waals surface area contributed by atoms with Crippen LogP contribution in [0.4, 0.5) is 0 Å². The van der Waals surface area contributed by atoms with Crippen molar-refractivity contribution in [2.45, 2.75) is 39.1 Å². The molecule has 1 saturated heterocycles. The van der Waals surface area contributed by atoms with Crippen LogP contribution >= 0.6 is 12.4 Å². The van der Waals surface area contributed by atoms with Crippen LogP contribution in [0.2, 0.25) is 0 Å². The molecule has 62 valence electrons. The molecule has 0 aliphatic carbocycles. The molecule has 0 aromatic heterocycles. The van der Waals surface area contributed by atoms with Gasteiger partial charge in [0.2, 0.25) is 0 Å². The van der Waals surface area contributed by atoms with Crippen molar-refractivity contribution in [3.05, 3.63) is 0 Å². The first-order valence-electron chi connectivity index (χ1n) is 3.63. The van der Waals surface area contributed by atoms with E-state index in [-0.39, 0.29) is 18.7 Å². The van der Waals surface area contributed by atoms with Gasteiger partial charge in [-0.15, -0.1) is 12.4 Å². The van der Waals surface area contributed by atoms with Crippen LogP contribution in [0.25, 0.3) is 0 Å². The van der Waals surface area contributed by atoms with Gasteiger partial charge in [-0.05, 0) is 12.8 Å². The Bertz CT molecular complexity index is 77.7. The quantitative estimate of drug-likeness (QED) is 0.625. The van der Waals surface area contributed by atoms with E-state index in [0.29, 0.717) is 6.10 Å². The lowest BCUT2D eigenvalue weighted by Crippen LogP contribution is -2.09. The normalized spacial score (nSPS) is 31.8. The fourth-order valence-corrected chi connectivity index (χ4v) is 0.936. The summed E-state index contributed by atoms with van der Waals surface area (Å²) in [6, 6.07) is 0. The van der Waals surface area contributed by atoms with Crippen LogP contribution in [0.3, 0.4) is 0 Å². The molecule has 2 unspecified atom stereocenters. The predicted octanol–water partition coefficient (Wildman–Crippen LogP) is 1.97. The monoisotopic (exact) mass is 166 g/mol. The Hall–Kier alpha value is 0.210. The molecule has 0 spiro atoms. The first-order chi connectivity index (χ1) is 4.36. The molecule has 0 aromatic carbocycles. The van der Waals surface area contributed by atoms with E-state index < -0.39 is 0 Å². The molecule has 1 fully saturated rings. The fourth-order valence-electron chi connectivity index (χ4n) is 0.936. The Morgan fingerprint density at radius 1 is 1.30 bits per heavy atom. The Labute approximate surface area is 68.3 Å². The lowest BCUT2D eigenvalue weighted by Gasteiger charge is -2.05. The summed E-state index contributed by atoms with van der Waals surface area (Å²) in [6.45, 7) is 4.98. The highest BCUT2D eigenvalue weighted by molar-refractivity contribution is 5.85. The average molecular weight is 167 g/mol. The van der Waals surface area contributed by atoms with Crippen LogP contribution in [0.5, 0.6) is 0 Å². The third-order valence-electron chi connectivity index (χ3n) is 1.60. The lowest BCUT2D eigenvalue weighted by molar-refractivity contribution is -0.0588. The van der Waals surface area contributed by atoms with E-state index in [4.69, 9.17) is 9.47 Å². The van der Waals surface area contributed by atoms with Crippen molar-refractivity contribution in [1.29, 1.82) is 0 Å².